The van der Waals surface area contributed by atoms with Crippen LogP contribution in [0.25, 0.3) is 0 Å². The van der Waals surface area contributed by atoms with Crippen molar-refractivity contribution in [2.75, 3.05) is 19.6 Å². The summed E-state index contributed by atoms with van der Waals surface area (Å²) in [4.78, 5) is 12.4. The molecular weight excluding hydrogens is 452 g/mol. The number of piperidine rings is 1. The molecule has 0 aliphatic carbocycles. The minimum atomic E-state index is -3.37. The van der Waals surface area contributed by atoms with Gasteiger partial charge in [-0.05, 0) is 48.9 Å². The Morgan fingerprint density at radius 3 is 2.41 bits per heavy atom. The Bertz CT molecular complexity index is 911. The number of nitrogens with zero attached hydrogens (tertiary/aromatic N) is 1. The van der Waals surface area contributed by atoms with E-state index in [0.717, 1.165) is 22.9 Å². The standard InChI is InChI=1S/C22H27BrN2O3S/c23-21-10-4-8-19(16-21)17-29(27,28)25-14-11-20(12-15-25)22(26)24-13-5-9-18-6-2-1-3-7-18/h1-4,6-8,10,16,20H,5,9,11-15,17H2,(H,24,26). The van der Waals surface area contributed by atoms with Crippen molar-refractivity contribution in [2.24, 2.45) is 5.92 Å². The highest BCUT2D eigenvalue weighted by Gasteiger charge is 2.31. The van der Waals surface area contributed by atoms with Crippen molar-refractivity contribution in [3.63, 3.8) is 0 Å². The number of rotatable bonds is 8. The Morgan fingerprint density at radius 1 is 1.03 bits per heavy atom. The molecule has 1 aliphatic heterocycles. The van der Waals surface area contributed by atoms with E-state index in [4.69, 9.17) is 0 Å². The van der Waals surface area contributed by atoms with Gasteiger partial charge in [-0.25, -0.2) is 12.7 Å². The van der Waals surface area contributed by atoms with Crippen LogP contribution in [0, 0.1) is 5.92 Å². The Morgan fingerprint density at radius 2 is 1.72 bits per heavy atom. The third-order valence-electron chi connectivity index (χ3n) is 5.24. The first-order chi connectivity index (χ1) is 13.9. The quantitative estimate of drug-likeness (QED) is 0.587. The predicted octanol–water partition coefficient (Wildman–Crippen LogP) is 3.74. The van der Waals surface area contributed by atoms with Crippen LogP contribution in [0.5, 0.6) is 0 Å². The highest BCUT2D eigenvalue weighted by molar-refractivity contribution is 9.10. The normalized spacial score (nSPS) is 15.9. The zero-order chi connectivity index (χ0) is 20.7. The van der Waals surface area contributed by atoms with Crippen molar-refractivity contribution in [1.82, 2.24) is 9.62 Å². The molecule has 1 N–H and O–H groups in total. The molecule has 0 saturated carbocycles. The second kappa shape index (κ2) is 10.4. The molecule has 1 amide bonds. The first-order valence-corrected chi connectivity index (χ1v) is 12.4. The van der Waals surface area contributed by atoms with E-state index in [9.17, 15) is 13.2 Å². The fourth-order valence-electron chi connectivity index (χ4n) is 3.62. The van der Waals surface area contributed by atoms with E-state index in [2.05, 4.69) is 33.4 Å². The first kappa shape index (κ1) is 22.0. The number of benzene rings is 2. The topological polar surface area (TPSA) is 66.5 Å². The van der Waals surface area contributed by atoms with E-state index < -0.39 is 10.0 Å². The van der Waals surface area contributed by atoms with Gasteiger partial charge in [0, 0.05) is 30.0 Å². The lowest BCUT2D eigenvalue weighted by atomic mass is 9.97. The number of amides is 1. The molecule has 7 heteroatoms. The second-order valence-corrected chi connectivity index (χ2v) is 10.3. The molecule has 1 aliphatic rings. The van der Waals surface area contributed by atoms with Crippen molar-refractivity contribution in [3.05, 3.63) is 70.2 Å². The molecule has 1 fully saturated rings. The predicted molar refractivity (Wildman–Crippen MR) is 119 cm³/mol. The molecule has 3 rings (SSSR count). The number of carbonyl (C=O) groups excluding carboxylic acids is 1. The summed E-state index contributed by atoms with van der Waals surface area (Å²) in [5.74, 6) is -0.0749. The molecule has 29 heavy (non-hydrogen) atoms. The van der Waals surface area contributed by atoms with Crippen molar-refractivity contribution >= 4 is 31.9 Å². The van der Waals surface area contributed by atoms with Gasteiger partial charge >= 0.3 is 0 Å². The molecule has 1 saturated heterocycles. The summed E-state index contributed by atoms with van der Waals surface area (Å²) in [5, 5.41) is 3.01. The third kappa shape index (κ3) is 6.66. The summed E-state index contributed by atoms with van der Waals surface area (Å²) in [6, 6.07) is 17.6. The summed E-state index contributed by atoms with van der Waals surface area (Å²) in [5.41, 5.74) is 2.03. The van der Waals surface area contributed by atoms with Crippen molar-refractivity contribution < 1.29 is 13.2 Å². The van der Waals surface area contributed by atoms with Crippen molar-refractivity contribution in [3.8, 4) is 0 Å². The zero-order valence-corrected chi connectivity index (χ0v) is 18.8. The average molecular weight is 479 g/mol. The highest BCUT2D eigenvalue weighted by atomic mass is 79.9. The Labute approximate surface area is 181 Å². The Kier molecular flexibility index (Phi) is 7.86. The highest BCUT2D eigenvalue weighted by Crippen LogP contribution is 2.22. The van der Waals surface area contributed by atoms with Crippen LogP contribution in [-0.2, 0) is 27.0 Å². The number of hydrogen-bond acceptors (Lipinski definition) is 3. The lowest BCUT2D eigenvalue weighted by Crippen LogP contribution is -2.43. The maximum absolute atomic E-state index is 12.7. The maximum Gasteiger partial charge on any atom is 0.223 e. The lowest BCUT2D eigenvalue weighted by Gasteiger charge is -2.30. The second-order valence-electron chi connectivity index (χ2n) is 7.44. The van der Waals surface area contributed by atoms with E-state index in [1.807, 2.05) is 42.5 Å². The SMILES string of the molecule is O=C(NCCCc1ccccc1)C1CCN(S(=O)(=O)Cc2cccc(Br)c2)CC1. The van der Waals surface area contributed by atoms with Gasteiger partial charge in [-0.15, -0.1) is 0 Å². The third-order valence-corrected chi connectivity index (χ3v) is 7.58. The van der Waals surface area contributed by atoms with Gasteiger partial charge in [0.15, 0.2) is 0 Å². The van der Waals surface area contributed by atoms with Crippen LogP contribution in [0.1, 0.15) is 30.4 Å². The van der Waals surface area contributed by atoms with Crippen molar-refractivity contribution in [2.45, 2.75) is 31.4 Å². The molecule has 0 radical (unpaired) electrons. The molecule has 1 heterocycles. The maximum atomic E-state index is 12.7. The van der Waals surface area contributed by atoms with Crippen molar-refractivity contribution in [1.29, 1.82) is 0 Å². The smallest absolute Gasteiger partial charge is 0.223 e. The van der Waals surface area contributed by atoms with Crippen LogP contribution >= 0.6 is 15.9 Å². The van der Waals surface area contributed by atoms with Crippen LogP contribution in [0.3, 0.4) is 0 Å². The molecule has 0 unspecified atom stereocenters. The Balaban J connectivity index is 1.41. The molecule has 0 aromatic heterocycles. The van der Waals surface area contributed by atoms with E-state index in [0.29, 0.717) is 32.5 Å². The number of hydrogen-bond donors (Lipinski definition) is 1. The molecule has 0 atom stereocenters. The van der Waals surface area contributed by atoms with E-state index in [1.54, 1.807) is 0 Å². The zero-order valence-electron chi connectivity index (χ0n) is 16.4. The molecule has 0 bridgehead atoms. The number of halogens is 1. The Hall–Kier alpha value is -1.70. The van der Waals surface area contributed by atoms with Gasteiger partial charge in [0.2, 0.25) is 15.9 Å². The van der Waals surface area contributed by atoms with Gasteiger partial charge < -0.3 is 5.32 Å². The molecule has 0 spiro atoms. The fourth-order valence-corrected chi connectivity index (χ4v) is 5.62. The number of carbonyl (C=O) groups is 1. The minimum absolute atomic E-state index is 0.0111. The summed E-state index contributed by atoms with van der Waals surface area (Å²) >= 11 is 3.38. The van der Waals surface area contributed by atoms with Crippen LogP contribution in [-0.4, -0.2) is 38.3 Å². The van der Waals surface area contributed by atoms with Gasteiger partial charge in [0.25, 0.3) is 0 Å². The monoisotopic (exact) mass is 478 g/mol. The molecule has 2 aromatic carbocycles. The first-order valence-electron chi connectivity index (χ1n) is 9.98. The van der Waals surface area contributed by atoms with Gasteiger partial charge in [-0.1, -0.05) is 58.4 Å². The van der Waals surface area contributed by atoms with Crippen LogP contribution in [0.4, 0.5) is 0 Å². The van der Waals surface area contributed by atoms with E-state index >= 15 is 0 Å². The average Bonchev–Trinajstić information content (AvgIpc) is 2.71. The largest absolute Gasteiger partial charge is 0.356 e. The lowest BCUT2D eigenvalue weighted by molar-refractivity contribution is -0.126. The van der Waals surface area contributed by atoms with Crippen LogP contribution in [0.15, 0.2) is 59.1 Å². The van der Waals surface area contributed by atoms with Gasteiger partial charge in [0.05, 0.1) is 5.75 Å². The molecule has 2 aromatic rings. The number of aryl methyl sites for hydroxylation is 1. The minimum Gasteiger partial charge on any atom is -0.356 e. The molecular formula is C22H27BrN2O3S. The fraction of sp³-hybridized carbons (Fsp3) is 0.409. The van der Waals surface area contributed by atoms with Crippen LogP contribution < -0.4 is 5.32 Å². The van der Waals surface area contributed by atoms with E-state index in [-0.39, 0.29) is 17.6 Å². The van der Waals surface area contributed by atoms with Gasteiger partial charge in [-0.2, -0.15) is 0 Å². The summed E-state index contributed by atoms with van der Waals surface area (Å²) in [6.07, 6.45) is 2.98. The van der Waals surface area contributed by atoms with E-state index in [1.165, 1.54) is 9.87 Å². The summed E-state index contributed by atoms with van der Waals surface area (Å²) < 4.78 is 27.8. The number of sulfonamides is 1. The number of nitrogens with one attached hydrogen (secondary N) is 1. The molecule has 5 nitrogen and oxygen atoms in total. The summed E-state index contributed by atoms with van der Waals surface area (Å²) in [7, 11) is -3.37. The van der Waals surface area contributed by atoms with Gasteiger partial charge in [0.1, 0.15) is 0 Å². The summed E-state index contributed by atoms with van der Waals surface area (Å²) in [6.45, 7) is 1.45. The van der Waals surface area contributed by atoms with Crippen LogP contribution in [0.2, 0.25) is 0 Å². The molecule has 156 valence electrons. The van der Waals surface area contributed by atoms with Gasteiger partial charge in [-0.3, -0.25) is 4.79 Å².